The highest BCUT2D eigenvalue weighted by Crippen LogP contribution is 2.28. The fourth-order valence-electron chi connectivity index (χ4n) is 2.99. The van der Waals surface area contributed by atoms with Crippen molar-refractivity contribution in [2.45, 2.75) is 40.2 Å². The molecule has 1 saturated heterocycles. The van der Waals surface area contributed by atoms with E-state index in [4.69, 9.17) is 0 Å². The van der Waals surface area contributed by atoms with Crippen LogP contribution < -0.4 is 5.32 Å². The molecule has 1 aromatic rings. The van der Waals surface area contributed by atoms with E-state index in [0.29, 0.717) is 17.9 Å². The van der Waals surface area contributed by atoms with Crippen LogP contribution in [0.25, 0.3) is 0 Å². The van der Waals surface area contributed by atoms with E-state index >= 15 is 0 Å². The number of nitrogens with one attached hydrogen (secondary N) is 1. The molecule has 1 aliphatic heterocycles. The molecule has 0 aromatic carbocycles. The second kappa shape index (κ2) is 6.25. The van der Waals surface area contributed by atoms with E-state index in [0.717, 1.165) is 24.5 Å². The zero-order chi connectivity index (χ0) is 14.7. The molecule has 2 heterocycles. The van der Waals surface area contributed by atoms with Gasteiger partial charge in [-0.15, -0.1) is 0 Å². The molecule has 1 N–H and O–H groups in total. The van der Waals surface area contributed by atoms with E-state index in [2.05, 4.69) is 31.1 Å². The number of aromatic nitrogens is 1. The molecule has 1 amide bonds. The lowest BCUT2D eigenvalue weighted by molar-refractivity contribution is 0.0455. The summed E-state index contributed by atoms with van der Waals surface area (Å²) < 4.78 is 0. The van der Waals surface area contributed by atoms with Gasteiger partial charge in [0.15, 0.2) is 0 Å². The first-order valence-corrected chi connectivity index (χ1v) is 7.53. The van der Waals surface area contributed by atoms with E-state index in [1.165, 1.54) is 6.42 Å². The lowest BCUT2D eigenvalue weighted by Gasteiger charge is -2.41. The van der Waals surface area contributed by atoms with E-state index < -0.39 is 0 Å². The van der Waals surface area contributed by atoms with Crippen molar-refractivity contribution in [1.29, 1.82) is 0 Å². The molecule has 20 heavy (non-hydrogen) atoms. The van der Waals surface area contributed by atoms with Gasteiger partial charge in [0.05, 0.1) is 0 Å². The Morgan fingerprint density at radius 3 is 2.90 bits per heavy atom. The highest BCUT2D eigenvalue weighted by Gasteiger charge is 2.32. The van der Waals surface area contributed by atoms with Crippen molar-refractivity contribution in [2.24, 2.45) is 11.8 Å². The summed E-state index contributed by atoms with van der Waals surface area (Å²) in [6.07, 6.45) is 2.90. The molecule has 3 unspecified atom stereocenters. The molecule has 1 aromatic heterocycles. The van der Waals surface area contributed by atoms with Crippen LogP contribution in [0, 0.1) is 11.8 Å². The van der Waals surface area contributed by atoms with Gasteiger partial charge in [0.25, 0.3) is 5.91 Å². The molecule has 4 heteroatoms. The maximum absolute atomic E-state index is 12.7. The number of hydrogen-bond acceptors (Lipinski definition) is 3. The van der Waals surface area contributed by atoms with Crippen LogP contribution in [0.3, 0.4) is 0 Å². The first kappa shape index (κ1) is 14.8. The molecule has 1 aliphatic rings. The minimum absolute atomic E-state index is 0.123. The van der Waals surface area contributed by atoms with Gasteiger partial charge in [-0.05, 0) is 44.2 Å². The van der Waals surface area contributed by atoms with E-state index in [-0.39, 0.29) is 5.91 Å². The number of carbonyl (C=O) groups excluding carboxylic acids is 1. The minimum atomic E-state index is 0.123. The maximum atomic E-state index is 12.7. The topological polar surface area (TPSA) is 45.2 Å². The van der Waals surface area contributed by atoms with Crippen molar-refractivity contribution in [1.82, 2.24) is 9.88 Å². The zero-order valence-corrected chi connectivity index (χ0v) is 12.9. The summed E-state index contributed by atoms with van der Waals surface area (Å²) in [5, 5.41) is 3.15. The number of carbonyl (C=O) groups is 1. The van der Waals surface area contributed by atoms with Crippen molar-refractivity contribution in [3.63, 3.8) is 0 Å². The Morgan fingerprint density at radius 1 is 1.45 bits per heavy atom. The molecule has 4 nitrogen and oxygen atoms in total. The number of pyridine rings is 1. The van der Waals surface area contributed by atoms with Crippen LogP contribution in [0.1, 0.15) is 44.5 Å². The van der Waals surface area contributed by atoms with Crippen molar-refractivity contribution in [2.75, 3.05) is 18.4 Å². The van der Waals surface area contributed by atoms with E-state index in [9.17, 15) is 4.79 Å². The first-order valence-electron chi connectivity index (χ1n) is 7.53. The predicted molar refractivity (Wildman–Crippen MR) is 81.8 cm³/mol. The van der Waals surface area contributed by atoms with E-state index in [1.54, 1.807) is 12.3 Å². The molecule has 0 radical (unpaired) electrons. The molecule has 0 saturated carbocycles. The molecular weight excluding hydrogens is 250 g/mol. The SMILES string of the molecule is CCNc1cc(C(=O)N2CC(C)CC(C)C2C)ccn1. The molecule has 2 rings (SSSR count). The molecule has 0 spiro atoms. The second-order valence-corrected chi connectivity index (χ2v) is 5.98. The highest BCUT2D eigenvalue weighted by atomic mass is 16.2. The lowest BCUT2D eigenvalue weighted by Crippen LogP contribution is -2.48. The van der Waals surface area contributed by atoms with Gasteiger partial charge in [0, 0.05) is 30.9 Å². The minimum Gasteiger partial charge on any atom is -0.370 e. The van der Waals surface area contributed by atoms with Crippen LogP contribution in [0.15, 0.2) is 18.3 Å². The monoisotopic (exact) mass is 275 g/mol. The average Bonchev–Trinajstić information content (AvgIpc) is 2.43. The van der Waals surface area contributed by atoms with E-state index in [1.807, 2.05) is 17.9 Å². The summed E-state index contributed by atoms with van der Waals surface area (Å²) in [5.74, 6) is 2.01. The number of nitrogens with zero attached hydrogens (tertiary/aromatic N) is 2. The first-order chi connectivity index (χ1) is 9.52. The van der Waals surface area contributed by atoms with Crippen LogP contribution in [-0.2, 0) is 0 Å². The lowest BCUT2D eigenvalue weighted by atomic mass is 9.85. The number of hydrogen-bond donors (Lipinski definition) is 1. The third-order valence-corrected chi connectivity index (χ3v) is 4.22. The highest BCUT2D eigenvalue weighted by molar-refractivity contribution is 5.95. The Balaban J connectivity index is 2.19. The number of anilines is 1. The maximum Gasteiger partial charge on any atom is 0.254 e. The quantitative estimate of drug-likeness (QED) is 0.922. The molecule has 0 aliphatic carbocycles. The third kappa shape index (κ3) is 3.11. The van der Waals surface area contributed by atoms with Crippen LogP contribution in [0.5, 0.6) is 0 Å². The fraction of sp³-hybridized carbons (Fsp3) is 0.625. The van der Waals surface area contributed by atoms with Crippen molar-refractivity contribution < 1.29 is 4.79 Å². The summed E-state index contributed by atoms with van der Waals surface area (Å²) in [5.41, 5.74) is 0.726. The van der Waals surface area contributed by atoms with Gasteiger partial charge in [-0.3, -0.25) is 4.79 Å². The van der Waals surface area contributed by atoms with Gasteiger partial charge < -0.3 is 10.2 Å². The predicted octanol–water partition coefficient (Wildman–Crippen LogP) is 3.02. The van der Waals surface area contributed by atoms with Gasteiger partial charge in [-0.25, -0.2) is 4.98 Å². The number of rotatable bonds is 3. The van der Waals surface area contributed by atoms with Gasteiger partial charge in [-0.2, -0.15) is 0 Å². The van der Waals surface area contributed by atoms with Crippen molar-refractivity contribution in [3.8, 4) is 0 Å². The number of piperidine rings is 1. The van der Waals surface area contributed by atoms with Gasteiger partial charge in [0.2, 0.25) is 0 Å². The van der Waals surface area contributed by atoms with Gasteiger partial charge in [-0.1, -0.05) is 13.8 Å². The average molecular weight is 275 g/mol. The van der Waals surface area contributed by atoms with Gasteiger partial charge >= 0.3 is 0 Å². The molecule has 3 atom stereocenters. The van der Waals surface area contributed by atoms with Crippen LogP contribution >= 0.6 is 0 Å². The largest absolute Gasteiger partial charge is 0.370 e. The van der Waals surface area contributed by atoms with Crippen molar-refractivity contribution in [3.05, 3.63) is 23.9 Å². The van der Waals surface area contributed by atoms with Crippen molar-refractivity contribution >= 4 is 11.7 Å². The zero-order valence-electron chi connectivity index (χ0n) is 12.9. The summed E-state index contributed by atoms with van der Waals surface area (Å²) in [6, 6.07) is 3.96. The number of likely N-dealkylation sites (tertiary alicyclic amines) is 1. The normalized spacial score (nSPS) is 26.4. The third-order valence-electron chi connectivity index (χ3n) is 4.22. The van der Waals surface area contributed by atoms with Crippen LogP contribution in [0.4, 0.5) is 5.82 Å². The Labute approximate surface area is 121 Å². The molecule has 0 bridgehead atoms. The Kier molecular flexibility index (Phi) is 4.63. The summed E-state index contributed by atoms with van der Waals surface area (Å²) in [7, 11) is 0. The summed E-state index contributed by atoms with van der Waals surface area (Å²) in [4.78, 5) is 19.0. The van der Waals surface area contributed by atoms with Gasteiger partial charge in [0.1, 0.15) is 5.82 Å². The Hall–Kier alpha value is -1.58. The fourth-order valence-corrected chi connectivity index (χ4v) is 2.99. The Morgan fingerprint density at radius 2 is 2.20 bits per heavy atom. The number of amides is 1. The molecule has 110 valence electrons. The van der Waals surface area contributed by atoms with Crippen LogP contribution in [0.2, 0.25) is 0 Å². The second-order valence-electron chi connectivity index (χ2n) is 5.98. The standard InChI is InChI=1S/C16H25N3O/c1-5-17-15-9-14(6-7-18-15)16(20)19-10-11(2)8-12(3)13(19)4/h6-7,9,11-13H,5,8,10H2,1-4H3,(H,17,18). The summed E-state index contributed by atoms with van der Waals surface area (Å²) in [6.45, 7) is 10.3. The van der Waals surface area contributed by atoms with Crippen LogP contribution in [-0.4, -0.2) is 34.9 Å². The Bertz CT molecular complexity index is 475. The summed E-state index contributed by atoms with van der Waals surface area (Å²) >= 11 is 0. The molecule has 1 fully saturated rings. The smallest absolute Gasteiger partial charge is 0.254 e. The molecular formula is C16H25N3O.